The highest BCUT2D eigenvalue weighted by Gasteiger charge is 2.55. The quantitative estimate of drug-likeness (QED) is 0.669. The minimum Gasteiger partial charge on any atom is -0.339 e. The maximum Gasteiger partial charge on any atom is 0.326 e. The molecule has 1 aliphatic carbocycles. The van der Waals surface area contributed by atoms with Crippen molar-refractivity contribution in [1.82, 2.24) is 24.3 Å². The van der Waals surface area contributed by atoms with Crippen LogP contribution in [0.25, 0.3) is 11.0 Å². The van der Waals surface area contributed by atoms with Crippen LogP contribution in [0.5, 0.6) is 0 Å². The number of piperidine rings is 2. The number of rotatable bonds is 4. The second-order valence-corrected chi connectivity index (χ2v) is 10.1. The lowest BCUT2D eigenvalue weighted by Gasteiger charge is -2.35. The number of nitrogens with one attached hydrogen (secondary N) is 1. The van der Waals surface area contributed by atoms with Gasteiger partial charge in [0.05, 0.1) is 16.6 Å². The predicted molar refractivity (Wildman–Crippen MR) is 127 cm³/mol. The summed E-state index contributed by atoms with van der Waals surface area (Å²) < 4.78 is 1.97. The fraction of sp³-hybridized carbons (Fsp3) is 0.500. The van der Waals surface area contributed by atoms with Crippen molar-refractivity contribution in [3.05, 3.63) is 64.8 Å². The molecule has 1 saturated carbocycles. The number of aromatic amines is 1. The second kappa shape index (κ2) is 8.13. The smallest absolute Gasteiger partial charge is 0.326 e. The summed E-state index contributed by atoms with van der Waals surface area (Å²) in [6.07, 6.45) is 8.95. The number of H-pyrrole nitrogens is 1. The summed E-state index contributed by atoms with van der Waals surface area (Å²) in [6, 6.07) is 11.9. The number of aromatic nitrogens is 3. The van der Waals surface area contributed by atoms with Crippen LogP contribution in [0, 0.1) is 11.3 Å². The summed E-state index contributed by atoms with van der Waals surface area (Å²) >= 11 is 0. The van der Waals surface area contributed by atoms with E-state index in [1.807, 2.05) is 45.9 Å². The molecule has 1 N–H and O–H groups in total. The molecule has 3 aromatic rings. The van der Waals surface area contributed by atoms with Gasteiger partial charge in [0.25, 0.3) is 5.91 Å². The number of para-hydroxylation sites is 2. The number of amides is 1. The van der Waals surface area contributed by atoms with Gasteiger partial charge >= 0.3 is 5.69 Å². The topological polar surface area (TPSA) is 74.2 Å². The van der Waals surface area contributed by atoms with E-state index in [1.54, 1.807) is 12.4 Å². The molecule has 7 nitrogen and oxygen atoms in total. The van der Waals surface area contributed by atoms with Gasteiger partial charge in [-0.15, -0.1) is 0 Å². The van der Waals surface area contributed by atoms with Crippen LogP contribution < -0.4 is 5.69 Å². The average molecular weight is 446 g/mol. The fourth-order valence-electron chi connectivity index (χ4n) is 6.24. The number of imidazole rings is 1. The van der Waals surface area contributed by atoms with E-state index in [4.69, 9.17) is 0 Å². The first-order chi connectivity index (χ1) is 16.1. The van der Waals surface area contributed by atoms with Gasteiger partial charge in [-0.25, -0.2) is 4.79 Å². The number of carbonyl (C=O) groups excluding carboxylic acids is 1. The van der Waals surface area contributed by atoms with Gasteiger partial charge in [-0.1, -0.05) is 12.1 Å². The van der Waals surface area contributed by atoms with Gasteiger partial charge in [-0.05, 0) is 67.7 Å². The van der Waals surface area contributed by atoms with Crippen LogP contribution in [-0.2, 0) is 0 Å². The molecule has 0 bridgehead atoms. The van der Waals surface area contributed by atoms with Gasteiger partial charge in [0.15, 0.2) is 0 Å². The Morgan fingerprint density at radius 1 is 1.06 bits per heavy atom. The molecule has 3 fully saturated rings. The van der Waals surface area contributed by atoms with Gasteiger partial charge in [-0.3, -0.25) is 14.3 Å². The Labute approximate surface area is 193 Å². The maximum absolute atomic E-state index is 12.7. The molecule has 2 aliphatic heterocycles. The van der Waals surface area contributed by atoms with Crippen molar-refractivity contribution in [2.45, 2.75) is 38.1 Å². The molecular weight excluding hydrogens is 414 g/mol. The van der Waals surface area contributed by atoms with Crippen LogP contribution >= 0.6 is 0 Å². The number of hydrogen-bond donors (Lipinski definition) is 1. The monoisotopic (exact) mass is 445 g/mol. The molecule has 1 atom stereocenters. The summed E-state index contributed by atoms with van der Waals surface area (Å²) in [6.45, 7) is 4.97. The zero-order valence-corrected chi connectivity index (χ0v) is 18.9. The number of hydrogen-bond acceptors (Lipinski definition) is 4. The first kappa shape index (κ1) is 20.7. The molecule has 1 spiro atoms. The highest BCUT2D eigenvalue weighted by atomic mass is 16.2. The fourth-order valence-corrected chi connectivity index (χ4v) is 6.24. The van der Waals surface area contributed by atoms with E-state index in [0.29, 0.717) is 11.0 Å². The molecule has 172 valence electrons. The summed E-state index contributed by atoms with van der Waals surface area (Å²) in [4.78, 5) is 36.9. The third-order valence-corrected chi connectivity index (χ3v) is 8.34. The lowest BCUT2D eigenvalue weighted by Crippen LogP contribution is -2.41. The zero-order chi connectivity index (χ0) is 22.4. The molecule has 1 aromatic carbocycles. The summed E-state index contributed by atoms with van der Waals surface area (Å²) in [5.74, 6) is 0.866. The molecule has 0 radical (unpaired) electrons. The van der Waals surface area contributed by atoms with Crippen molar-refractivity contribution in [3.8, 4) is 0 Å². The van der Waals surface area contributed by atoms with Gasteiger partial charge in [0.1, 0.15) is 0 Å². The molecule has 33 heavy (non-hydrogen) atoms. The van der Waals surface area contributed by atoms with Crippen LogP contribution in [0.3, 0.4) is 0 Å². The summed E-state index contributed by atoms with van der Waals surface area (Å²) in [5, 5.41) is 0. The van der Waals surface area contributed by atoms with Crippen LogP contribution in [0.2, 0.25) is 0 Å². The second-order valence-electron chi connectivity index (χ2n) is 10.1. The van der Waals surface area contributed by atoms with Gasteiger partial charge in [0.2, 0.25) is 0 Å². The van der Waals surface area contributed by atoms with Crippen molar-refractivity contribution >= 4 is 16.9 Å². The van der Waals surface area contributed by atoms with E-state index in [2.05, 4.69) is 14.9 Å². The Bertz CT molecular complexity index is 1200. The lowest BCUT2D eigenvalue weighted by atomic mass is 9.90. The largest absolute Gasteiger partial charge is 0.339 e. The molecule has 7 heteroatoms. The zero-order valence-electron chi connectivity index (χ0n) is 18.9. The highest BCUT2D eigenvalue weighted by molar-refractivity contribution is 5.93. The molecule has 1 amide bonds. The highest BCUT2D eigenvalue weighted by Crippen LogP contribution is 2.59. The van der Waals surface area contributed by atoms with Crippen molar-refractivity contribution in [2.24, 2.45) is 11.3 Å². The van der Waals surface area contributed by atoms with Crippen LogP contribution in [-0.4, -0.2) is 63.0 Å². The Hall–Kier alpha value is -2.93. The number of likely N-dealkylation sites (tertiary alicyclic amines) is 2. The van der Waals surface area contributed by atoms with E-state index in [0.717, 1.165) is 75.4 Å². The van der Waals surface area contributed by atoms with Crippen molar-refractivity contribution < 1.29 is 4.79 Å². The average Bonchev–Trinajstić information content (AvgIpc) is 3.39. The Morgan fingerprint density at radius 2 is 1.85 bits per heavy atom. The third-order valence-electron chi connectivity index (χ3n) is 8.34. The van der Waals surface area contributed by atoms with Crippen LogP contribution in [0.1, 0.15) is 48.5 Å². The van der Waals surface area contributed by atoms with E-state index < -0.39 is 0 Å². The van der Waals surface area contributed by atoms with Crippen LogP contribution in [0.15, 0.2) is 53.6 Å². The predicted octanol–water partition coefficient (Wildman–Crippen LogP) is 3.30. The minimum atomic E-state index is 0.0170. The minimum absolute atomic E-state index is 0.0170. The first-order valence-corrected chi connectivity index (χ1v) is 12.2. The SMILES string of the molecule is O=C(c1cccnc1)N1CCC2(CC1)CC2CN1CCC(n2c(=O)[nH]c3ccccc32)CC1. The molecule has 2 saturated heterocycles. The first-order valence-electron chi connectivity index (χ1n) is 12.2. The Kier molecular flexibility index (Phi) is 5.09. The van der Waals surface area contributed by atoms with E-state index in [1.165, 1.54) is 6.42 Å². The lowest BCUT2D eigenvalue weighted by molar-refractivity contribution is 0.0660. The van der Waals surface area contributed by atoms with Gasteiger partial charge in [0, 0.05) is 51.2 Å². The number of pyridine rings is 1. The molecule has 3 aliphatic rings. The van der Waals surface area contributed by atoms with Gasteiger partial charge in [-0.2, -0.15) is 0 Å². The van der Waals surface area contributed by atoms with E-state index in [9.17, 15) is 9.59 Å². The normalized spacial score (nSPS) is 23.3. The maximum atomic E-state index is 12.7. The Balaban J connectivity index is 1.02. The number of benzene rings is 1. The van der Waals surface area contributed by atoms with Crippen LogP contribution in [0.4, 0.5) is 0 Å². The molecule has 6 rings (SSSR count). The van der Waals surface area contributed by atoms with Crippen molar-refractivity contribution in [3.63, 3.8) is 0 Å². The van der Waals surface area contributed by atoms with Crippen molar-refractivity contribution in [1.29, 1.82) is 0 Å². The molecule has 4 heterocycles. The van der Waals surface area contributed by atoms with Gasteiger partial charge < -0.3 is 14.8 Å². The molecular formula is C26H31N5O2. The Morgan fingerprint density at radius 3 is 2.61 bits per heavy atom. The summed E-state index contributed by atoms with van der Waals surface area (Å²) in [7, 11) is 0. The number of carbonyl (C=O) groups is 1. The third kappa shape index (κ3) is 3.78. The number of nitrogens with zero attached hydrogens (tertiary/aromatic N) is 4. The summed E-state index contributed by atoms with van der Waals surface area (Å²) in [5.41, 5.74) is 3.10. The molecule has 2 aromatic heterocycles. The van der Waals surface area contributed by atoms with E-state index >= 15 is 0 Å². The number of fused-ring (bicyclic) bond motifs is 1. The van der Waals surface area contributed by atoms with E-state index in [-0.39, 0.29) is 17.6 Å². The van der Waals surface area contributed by atoms with Crippen molar-refractivity contribution in [2.75, 3.05) is 32.7 Å². The molecule has 1 unspecified atom stereocenters. The standard InChI is InChI=1S/C26H31N5O2/c32-24(19-4-3-11-27-17-19)30-14-9-26(10-15-30)16-20(26)18-29-12-7-21(8-13-29)31-23-6-2-1-5-22(23)28-25(31)33/h1-6,11,17,20-21H,7-10,12-16,18H2,(H,28,33).